The van der Waals surface area contributed by atoms with Gasteiger partial charge in [0.05, 0.1) is 0 Å². The van der Waals surface area contributed by atoms with Gasteiger partial charge in [-0.2, -0.15) is 6.20 Å². The van der Waals surface area contributed by atoms with Crippen molar-refractivity contribution in [3.63, 3.8) is 0 Å². The first-order valence-electron chi connectivity index (χ1n) is 4.04. The summed E-state index contributed by atoms with van der Waals surface area (Å²) in [5.74, 6) is 0. The minimum atomic E-state index is 0.760. The monoisotopic (exact) mass is 159 g/mol. The lowest BCUT2D eigenvalue weighted by atomic mass is 10.3. The van der Waals surface area contributed by atoms with Crippen LogP contribution < -0.4 is 4.90 Å². The predicted molar refractivity (Wildman–Crippen MR) is 50.9 cm³/mol. The first-order valence-corrected chi connectivity index (χ1v) is 4.04. The number of benzene rings is 1. The van der Waals surface area contributed by atoms with Crippen LogP contribution in [-0.4, -0.2) is 6.67 Å². The number of nitrogens with zero attached hydrogens (tertiary/aromatic N) is 2. The molecule has 0 bridgehead atoms. The van der Waals surface area contributed by atoms with Crippen molar-refractivity contribution in [2.24, 2.45) is 0 Å². The highest BCUT2D eigenvalue weighted by molar-refractivity contribution is 5.55. The van der Waals surface area contributed by atoms with E-state index in [0.29, 0.717) is 0 Å². The molecule has 12 heavy (non-hydrogen) atoms. The van der Waals surface area contributed by atoms with Gasteiger partial charge in [0.1, 0.15) is 0 Å². The van der Waals surface area contributed by atoms with Crippen LogP contribution in [0.4, 0.5) is 5.69 Å². The number of hydrogen-bond acceptors (Lipinski definition) is 1. The molecule has 0 amide bonds. The van der Waals surface area contributed by atoms with E-state index in [1.807, 2.05) is 24.4 Å². The number of rotatable bonds is 1. The Kier molecular flexibility index (Phi) is 1.74. The fraction of sp³-hybridized carbons (Fsp3) is 0.200. The zero-order valence-electron chi connectivity index (χ0n) is 7.07. The van der Waals surface area contributed by atoms with E-state index < -0.39 is 0 Å². The summed E-state index contributed by atoms with van der Waals surface area (Å²) < 4.78 is 0. The third kappa shape index (κ3) is 1.16. The third-order valence-corrected chi connectivity index (χ3v) is 1.99. The van der Waals surface area contributed by atoms with Crippen LogP contribution in [0.15, 0.2) is 42.2 Å². The Morgan fingerprint density at radius 1 is 1.25 bits per heavy atom. The van der Waals surface area contributed by atoms with E-state index >= 15 is 0 Å². The summed E-state index contributed by atoms with van der Waals surface area (Å²) in [6.45, 7) is 2.83. The van der Waals surface area contributed by atoms with Gasteiger partial charge in [-0.15, -0.1) is 0 Å². The van der Waals surface area contributed by atoms with E-state index in [9.17, 15) is 0 Å². The average Bonchev–Trinajstić information content (AvgIpc) is 2.53. The molecule has 0 unspecified atom stereocenters. The van der Waals surface area contributed by atoms with Crippen molar-refractivity contribution in [3.8, 4) is 0 Å². The number of allylic oxidation sites excluding steroid dienone is 1. The molecule has 0 N–H and O–H groups in total. The third-order valence-electron chi connectivity index (χ3n) is 1.99. The molecular formula is C10H11N2-. The van der Waals surface area contributed by atoms with Gasteiger partial charge in [-0.1, -0.05) is 24.9 Å². The van der Waals surface area contributed by atoms with Gasteiger partial charge < -0.3 is 10.2 Å². The maximum absolute atomic E-state index is 4.19. The molecule has 0 aromatic heterocycles. The Morgan fingerprint density at radius 3 is 2.58 bits per heavy atom. The molecule has 1 aliphatic rings. The van der Waals surface area contributed by atoms with Gasteiger partial charge >= 0.3 is 0 Å². The SMILES string of the molecule is CC1=C[N-]CN1c1ccccc1. The van der Waals surface area contributed by atoms with Gasteiger partial charge in [0.2, 0.25) is 0 Å². The molecule has 1 aromatic rings. The predicted octanol–water partition coefficient (Wildman–Crippen LogP) is 2.70. The van der Waals surface area contributed by atoms with Gasteiger partial charge in [-0.3, -0.25) is 0 Å². The van der Waals surface area contributed by atoms with Crippen molar-refractivity contribution in [2.75, 3.05) is 11.6 Å². The largest absolute Gasteiger partial charge is 0.672 e. The summed E-state index contributed by atoms with van der Waals surface area (Å²) in [6.07, 6.45) is 1.91. The number of para-hydroxylation sites is 1. The highest BCUT2D eigenvalue weighted by atomic mass is 15.3. The maximum atomic E-state index is 4.19. The van der Waals surface area contributed by atoms with Gasteiger partial charge in [-0.25, -0.2) is 0 Å². The van der Waals surface area contributed by atoms with Crippen LogP contribution in [0.3, 0.4) is 0 Å². The topological polar surface area (TPSA) is 17.3 Å². The lowest BCUT2D eigenvalue weighted by molar-refractivity contribution is 1.04. The highest BCUT2D eigenvalue weighted by Gasteiger charge is 2.04. The quantitative estimate of drug-likeness (QED) is 0.615. The van der Waals surface area contributed by atoms with Crippen molar-refractivity contribution < 1.29 is 0 Å². The fourth-order valence-electron chi connectivity index (χ4n) is 1.33. The van der Waals surface area contributed by atoms with E-state index in [4.69, 9.17) is 0 Å². The Hall–Kier alpha value is -1.44. The molecule has 0 fully saturated rings. The van der Waals surface area contributed by atoms with Crippen molar-refractivity contribution in [3.05, 3.63) is 47.5 Å². The molecule has 0 aliphatic carbocycles. The van der Waals surface area contributed by atoms with Gasteiger partial charge in [0, 0.05) is 5.69 Å². The minimum absolute atomic E-state index is 0.760. The second kappa shape index (κ2) is 2.89. The molecule has 1 aliphatic heterocycles. The molecule has 2 heteroatoms. The molecule has 62 valence electrons. The van der Waals surface area contributed by atoms with Crippen LogP contribution in [0.25, 0.3) is 5.32 Å². The van der Waals surface area contributed by atoms with Gasteiger partial charge in [0.25, 0.3) is 0 Å². The van der Waals surface area contributed by atoms with Crippen molar-refractivity contribution in [1.29, 1.82) is 0 Å². The average molecular weight is 159 g/mol. The molecule has 1 aromatic carbocycles. The minimum Gasteiger partial charge on any atom is -0.672 e. The van der Waals surface area contributed by atoms with Gasteiger partial charge in [-0.05, 0) is 24.8 Å². The zero-order valence-corrected chi connectivity index (χ0v) is 7.07. The lowest BCUT2D eigenvalue weighted by Crippen LogP contribution is -2.15. The first kappa shape index (κ1) is 7.22. The smallest absolute Gasteiger partial charge is 0.0393 e. The van der Waals surface area contributed by atoms with Gasteiger partial charge in [0.15, 0.2) is 0 Å². The van der Waals surface area contributed by atoms with E-state index in [1.165, 1.54) is 11.4 Å². The number of hydrogen-bond donors (Lipinski definition) is 0. The van der Waals surface area contributed by atoms with Crippen LogP contribution in [0, 0.1) is 0 Å². The fourth-order valence-corrected chi connectivity index (χ4v) is 1.33. The first-order chi connectivity index (χ1) is 5.88. The summed E-state index contributed by atoms with van der Waals surface area (Å²) in [6, 6.07) is 10.3. The van der Waals surface area contributed by atoms with Crippen LogP contribution in [0.1, 0.15) is 6.92 Å². The Morgan fingerprint density at radius 2 is 2.00 bits per heavy atom. The van der Waals surface area contributed by atoms with E-state index in [2.05, 4.69) is 29.3 Å². The highest BCUT2D eigenvalue weighted by Crippen LogP contribution is 2.24. The number of anilines is 1. The van der Waals surface area contributed by atoms with Crippen molar-refractivity contribution in [2.45, 2.75) is 6.92 Å². The van der Waals surface area contributed by atoms with E-state index in [-0.39, 0.29) is 0 Å². The summed E-state index contributed by atoms with van der Waals surface area (Å²) in [5.41, 5.74) is 2.42. The molecule has 0 atom stereocenters. The molecule has 0 saturated carbocycles. The van der Waals surface area contributed by atoms with Crippen molar-refractivity contribution in [1.82, 2.24) is 0 Å². The molecule has 2 rings (SSSR count). The molecule has 0 radical (unpaired) electrons. The summed E-state index contributed by atoms with van der Waals surface area (Å²) in [7, 11) is 0. The van der Waals surface area contributed by atoms with Crippen molar-refractivity contribution >= 4 is 5.69 Å². The summed E-state index contributed by atoms with van der Waals surface area (Å²) >= 11 is 0. The van der Waals surface area contributed by atoms with Crippen LogP contribution in [0.5, 0.6) is 0 Å². The van der Waals surface area contributed by atoms with Crippen LogP contribution in [-0.2, 0) is 0 Å². The summed E-state index contributed by atoms with van der Waals surface area (Å²) in [5, 5.41) is 4.19. The molecule has 0 saturated heterocycles. The molecule has 1 heterocycles. The van der Waals surface area contributed by atoms with Crippen LogP contribution >= 0.6 is 0 Å². The maximum Gasteiger partial charge on any atom is 0.0393 e. The zero-order chi connectivity index (χ0) is 8.39. The Balaban J connectivity index is 2.27. The van der Waals surface area contributed by atoms with Crippen LogP contribution in [0.2, 0.25) is 0 Å². The van der Waals surface area contributed by atoms with E-state index in [0.717, 1.165) is 6.67 Å². The second-order valence-electron chi connectivity index (χ2n) is 2.86. The lowest BCUT2D eigenvalue weighted by Gasteiger charge is -2.23. The molecule has 2 nitrogen and oxygen atoms in total. The molecular weight excluding hydrogens is 148 g/mol. The summed E-state index contributed by atoms with van der Waals surface area (Å²) in [4.78, 5) is 2.18. The Bertz CT molecular complexity index is 290. The Labute approximate surface area is 72.5 Å². The van der Waals surface area contributed by atoms with E-state index in [1.54, 1.807) is 0 Å². The standard InChI is InChI=1S/C10H11N2/c1-9-7-11-8-12(9)10-5-3-2-4-6-10/h2-7H,8H2,1H3/q-1. The second-order valence-corrected chi connectivity index (χ2v) is 2.86. The molecule has 0 spiro atoms. The normalized spacial score (nSPS) is 15.8.